The summed E-state index contributed by atoms with van der Waals surface area (Å²) in [5.41, 5.74) is 3.90. The van der Waals surface area contributed by atoms with Crippen molar-refractivity contribution in [1.82, 2.24) is 5.32 Å². The van der Waals surface area contributed by atoms with Gasteiger partial charge in [-0.3, -0.25) is 0 Å². The molecule has 2 nitrogen and oxygen atoms in total. The van der Waals surface area contributed by atoms with E-state index < -0.39 is 0 Å². The summed E-state index contributed by atoms with van der Waals surface area (Å²) in [6, 6.07) is 11.1. The zero-order chi connectivity index (χ0) is 13.8. The first-order chi connectivity index (χ1) is 9.15. The monoisotopic (exact) mass is 259 g/mol. The standard InChI is InChI=1S/C16H18FNO/c1-11-8-12(4-7-16(11)17)15-6-5-14(19-3)9-13(15)10-18-2/h4-9,18H,10H2,1-3H3. The topological polar surface area (TPSA) is 21.3 Å². The summed E-state index contributed by atoms with van der Waals surface area (Å²) in [7, 11) is 3.55. The van der Waals surface area contributed by atoms with Gasteiger partial charge in [-0.1, -0.05) is 12.1 Å². The van der Waals surface area contributed by atoms with Gasteiger partial charge in [-0.15, -0.1) is 0 Å². The average molecular weight is 259 g/mol. The molecule has 0 aliphatic rings. The van der Waals surface area contributed by atoms with Crippen LogP contribution in [0.1, 0.15) is 11.1 Å². The third-order valence-corrected chi connectivity index (χ3v) is 3.15. The second-order valence-electron chi connectivity index (χ2n) is 4.52. The minimum absolute atomic E-state index is 0.174. The molecular weight excluding hydrogens is 241 g/mol. The first-order valence-corrected chi connectivity index (χ1v) is 6.23. The molecule has 0 aliphatic heterocycles. The summed E-state index contributed by atoms with van der Waals surface area (Å²) < 4.78 is 18.6. The van der Waals surface area contributed by atoms with Crippen molar-refractivity contribution < 1.29 is 9.13 Å². The maximum absolute atomic E-state index is 13.3. The molecule has 0 aromatic heterocycles. The number of benzene rings is 2. The smallest absolute Gasteiger partial charge is 0.126 e. The van der Waals surface area contributed by atoms with Gasteiger partial charge >= 0.3 is 0 Å². The molecule has 0 amide bonds. The van der Waals surface area contributed by atoms with Gasteiger partial charge in [0.2, 0.25) is 0 Å². The predicted molar refractivity (Wildman–Crippen MR) is 75.9 cm³/mol. The molecule has 0 bridgehead atoms. The van der Waals surface area contributed by atoms with Gasteiger partial charge in [-0.25, -0.2) is 4.39 Å². The Morgan fingerprint density at radius 1 is 1.16 bits per heavy atom. The fourth-order valence-corrected chi connectivity index (χ4v) is 2.13. The quantitative estimate of drug-likeness (QED) is 0.907. The molecule has 0 heterocycles. The maximum Gasteiger partial charge on any atom is 0.126 e. The van der Waals surface area contributed by atoms with Gasteiger partial charge in [-0.05, 0) is 60.5 Å². The van der Waals surface area contributed by atoms with E-state index >= 15 is 0 Å². The summed E-state index contributed by atoms with van der Waals surface area (Å²) in [6.45, 7) is 2.52. The van der Waals surface area contributed by atoms with Gasteiger partial charge in [0, 0.05) is 6.54 Å². The van der Waals surface area contributed by atoms with E-state index in [9.17, 15) is 4.39 Å². The minimum atomic E-state index is -0.174. The van der Waals surface area contributed by atoms with Crippen LogP contribution in [0.2, 0.25) is 0 Å². The van der Waals surface area contributed by atoms with Crippen molar-refractivity contribution in [2.75, 3.05) is 14.2 Å². The maximum atomic E-state index is 13.3. The number of ether oxygens (including phenoxy) is 1. The van der Waals surface area contributed by atoms with E-state index in [0.29, 0.717) is 5.56 Å². The summed E-state index contributed by atoms with van der Waals surface area (Å²) >= 11 is 0. The number of aryl methyl sites for hydroxylation is 1. The van der Waals surface area contributed by atoms with E-state index in [4.69, 9.17) is 4.74 Å². The van der Waals surface area contributed by atoms with Crippen molar-refractivity contribution in [3.8, 4) is 16.9 Å². The molecule has 2 rings (SSSR count). The second kappa shape index (κ2) is 5.85. The summed E-state index contributed by atoms with van der Waals surface area (Å²) in [5, 5.41) is 3.14. The Labute approximate surface area is 113 Å². The third-order valence-electron chi connectivity index (χ3n) is 3.15. The number of rotatable bonds is 4. The number of hydrogen-bond donors (Lipinski definition) is 1. The van der Waals surface area contributed by atoms with Crippen LogP contribution in [0, 0.1) is 12.7 Å². The van der Waals surface area contributed by atoms with Gasteiger partial charge in [-0.2, -0.15) is 0 Å². The second-order valence-corrected chi connectivity index (χ2v) is 4.52. The summed E-state index contributed by atoms with van der Waals surface area (Å²) in [4.78, 5) is 0. The highest BCUT2D eigenvalue weighted by Gasteiger charge is 2.08. The van der Waals surface area contributed by atoms with Crippen LogP contribution in [0.4, 0.5) is 4.39 Å². The van der Waals surface area contributed by atoms with Crippen LogP contribution in [0.5, 0.6) is 5.75 Å². The first-order valence-electron chi connectivity index (χ1n) is 6.23. The van der Waals surface area contributed by atoms with Gasteiger partial charge in [0.1, 0.15) is 11.6 Å². The molecule has 0 aliphatic carbocycles. The van der Waals surface area contributed by atoms with Crippen molar-refractivity contribution in [3.05, 3.63) is 53.3 Å². The number of halogens is 1. The van der Waals surface area contributed by atoms with Gasteiger partial charge in [0.25, 0.3) is 0 Å². The van der Waals surface area contributed by atoms with Gasteiger partial charge < -0.3 is 10.1 Å². The number of hydrogen-bond acceptors (Lipinski definition) is 2. The first kappa shape index (κ1) is 13.6. The predicted octanol–water partition coefficient (Wildman–Crippen LogP) is 3.53. The van der Waals surface area contributed by atoms with Crippen LogP contribution in [-0.2, 0) is 6.54 Å². The fraction of sp³-hybridized carbons (Fsp3) is 0.250. The normalized spacial score (nSPS) is 10.5. The Kier molecular flexibility index (Phi) is 4.17. The van der Waals surface area contributed by atoms with E-state index in [0.717, 1.165) is 29.0 Å². The molecule has 0 spiro atoms. The Morgan fingerprint density at radius 3 is 2.58 bits per heavy atom. The molecule has 3 heteroatoms. The Balaban J connectivity index is 2.50. The van der Waals surface area contributed by atoms with Crippen molar-refractivity contribution in [3.63, 3.8) is 0 Å². The lowest BCUT2D eigenvalue weighted by Crippen LogP contribution is -2.06. The van der Waals surface area contributed by atoms with E-state index in [1.54, 1.807) is 14.0 Å². The molecule has 0 saturated heterocycles. The largest absolute Gasteiger partial charge is 0.497 e. The molecule has 0 fully saturated rings. The SMILES string of the molecule is CNCc1cc(OC)ccc1-c1ccc(F)c(C)c1. The zero-order valence-electron chi connectivity index (χ0n) is 11.5. The van der Waals surface area contributed by atoms with Crippen LogP contribution in [0.3, 0.4) is 0 Å². The Bertz CT molecular complexity index is 581. The van der Waals surface area contributed by atoms with Gasteiger partial charge in [0.15, 0.2) is 0 Å². The van der Waals surface area contributed by atoms with Crippen LogP contribution >= 0.6 is 0 Å². The Hall–Kier alpha value is -1.87. The highest BCUT2D eigenvalue weighted by Crippen LogP contribution is 2.28. The third kappa shape index (κ3) is 2.93. The van der Waals surface area contributed by atoms with Crippen LogP contribution in [0.15, 0.2) is 36.4 Å². The van der Waals surface area contributed by atoms with Crippen LogP contribution < -0.4 is 10.1 Å². The lowest BCUT2D eigenvalue weighted by molar-refractivity contribution is 0.414. The van der Waals surface area contributed by atoms with Gasteiger partial charge in [0.05, 0.1) is 7.11 Å². The van der Waals surface area contributed by atoms with E-state index in [-0.39, 0.29) is 5.82 Å². The van der Waals surface area contributed by atoms with Crippen molar-refractivity contribution in [2.45, 2.75) is 13.5 Å². The molecule has 1 N–H and O–H groups in total. The highest BCUT2D eigenvalue weighted by atomic mass is 19.1. The zero-order valence-corrected chi connectivity index (χ0v) is 11.5. The number of methoxy groups -OCH3 is 1. The minimum Gasteiger partial charge on any atom is -0.497 e. The van der Waals surface area contributed by atoms with Crippen LogP contribution in [0.25, 0.3) is 11.1 Å². The lowest BCUT2D eigenvalue weighted by atomic mass is 9.97. The molecular formula is C16H18FNO. The molecule has 0 saturated carbocycles. The van der Waals surface area contributed by atoms with Crippen LogP contribution in [-0.4, -0.2) is 14.2 Å². The molecule has 0 unspecified atom stereocenters. The molecule has 100 valence electrons. The molecule has 19 heavy (non-hydrogen) atoms. The van der Waals surface area contributed by atoms with Crippen molar-refractivity contribution in [2.24, 2.45) is 0 Å². The van der Waals surface area contributed by atoms with E-state index in [1.807, 2.05) is 37.4 Å². The lowest BCUT2D eigenvalue weighted by Gasteiger charge is -2.12. The Morgan fingerprint density at radius 2 is 1.95 bits per heavy atom. The molecule has 0 atom stereocenters. The van der Waals surface area contributed by atoms with E-state index in [1.165, 1.54) is 6.07 Å². The molecule has 2 aromatic rings. The highest BCUT2D eigenvalue weighted by molar-refractivity contribution is 5.69. The number of nitrogens with one attached hydrogen (secondary N) is 1. The molecule has 0 radical (unpaired) electrons. The van der Waals surface area contributed by atoms with Crippen molar-refractivity contribution in [1.29, 1.82) is 0 Å². The average Bonchev–Trinajstić information content (AvgIpc) is 2.42. The van der Waals surface area contributed by atoms with E-state index in [2.05, 4.69) is 5.32 Å². The summed E-state index contributed by atoms with van der Waals surface area (Å²) in [5.74, 6) is 0.653. The molecule has 2 aromatic carbocycles. The summed E-state index contributed by atoms with van der Waals surface area (Å²) in [6.07, 6.45) is 0. The fourth-order valence-electron chi connectivity index (χ4n) is 2.13. The van der Waals surface area contributed by atoms with Crippen molar-refractivity contribution >= 4 is 0 Å².